The summed E-state index contributed by atoms with van der Waals surface area (Å²) >= 11 is 0. The largest absolute Gasteiger partial charge is 0.346 e. The molecule has 13 heteroatoms. The van der Waals surface area contributed by atoms with Crippen molar-refractivity contribution >= 4 is 39.4 Å². The highest BCUT2D eigenvalue weighted by molar-refractivity contribution is 7.92. The molecule has 1 aromatic carbocycles. The third-order valence-electron chi connectivity index (χ3n) is 12.3. The Kier molecular flexibility index (Phi) is 11.9. The summed E-state index contributed by atoms with van der Waals surface area (Å²) in [6, 6.07) is 4.37. The van der Waals surface area contributed by atoms with Crippen LogP contribution in [0.2, 0.25) is 0 Å². The zero-order chi connectivity index (χ0) is 38.9. The zero-order valence-corrected chi connectivity index (χ0v) is 33.1. The minimum atomic E-state index is -3.59. The molecule has 4 aliphatic rings. The number of hydrogen-bond acceptors (Lipinski definition) is 7. The summed E-state index contributed by atoms with van der Waals surface area (Å²) < 4.78 is 25.9. The van der Waals surface area contributed by atoms with Crippen molar-refractivity contribution in [1.29, 1.82) is 0 Å². The van der Waals surface area contributed by atoms with Gasteiger partial charge in [-0.3, -0.25) is 19.2 Å². The van der Waals surface area contributed by atoms with Gasteiger partial charge in [-0.15, -0.1) is 6.58 Å². The predicted molar refractivity (Wildman–Crippen MR) is 203 cm³/mol. The second-order valence-electron chi connectivity index (χ2n) is 17.3. The molecule has 3 aliphatic carbocycles. The van der Waals surface area contributed by atoms with Gasteiger partial charge in [0.15, 0.2) is 9.84 Å². The molecule has 53 heavy (non-hydrogen) atoms. The van der Waals surface area contributed by atoms with Crippen LogP contribution in [0.3, 0.4) is 0 Å². The number of benzene rings is 1. The Morgan fingerprint density at radius 2 is 1.62 bits per heavy atom. The number of carbonyl (C=O) groups is 5. The van der Waals surface area contributed by atoms with Crippen molar-refractivity contribution < 1.29 is 32.4 Å². The maximum Gasteiger partial charge on any atom is 0.315 e. The molecule has 5 atom stereocenters. The lowest BCUT2D eigenvalue weighted by molar-refractivity contribution is -0.144. The number of sulfone groups is 1. The van der Waals surface area contributed by atoms with E-state index in [4.69, 9.17) is 0 Å². The first kappa shape index (κ1) is 40.4. The Balaban J connectivity index is 1.42. The Hall–Kier alpha value is -3.74. The molecule has 5 amide bonds. The van der Waals surface area contributed by atoms with Gasteiger partial charge >= 0.3 is 6.03 Å². The number of amides is 5. The zero-order valence-electron chi connectivity index (χ0n) is 32.3. The molecule has 0 aromatic heterocycles. The number of Topliss-reactive ketones (excluding diaryl/α,β-unsaturated/α-hetero) is 1. The van der Waals surface area contributed by atoms with Crippen molar-refractivity contribution in [3.63, 3.8) is 0 Å². The quantitative estimate of drug-likeness (QED) is 0.166. The first-order chi connectivity index (χ1) is 24.9. The summed E-state index contributed by atoms with van der Waals surface area (Å²) in [5, 5.41) is 11.4. The number of fused-ring (bicyclic) bond motifs is 2. The lowest BCUT2D eigenvalue weighted by atomic mass is 9.83. The topological polar surface area (TPSA) is 171 Å². The van der Waals surface area contributed by atoms with Crippen molar-refractivity contribution in [2.75, 3.05) is 18.8 Å². The van der Waals surface area contributed by atoms with Gasteiger partial charge in [0.2, 0.25) is 17.6 Å². The van der Waals surface area contributed by atoms with Gasteiger partial charge in [-0.05, 0) is 87.2 Å². The van der Waals surface area contributed by atoms with E-state index in [1.54, 1.807) is 25.7 Å². The number of likely N-dealkylation sites (tertiary alicyclic amines) is 1. The highest BCUT2D eigenvalue weighted by Crippen LogP contribution is 2.65. The summed E-state index contributed by atoms with van der Waals surface area (Å²) in [5.41, 5.74) is 0.988. The molecule has 0 bridgehead atoms. The minimum absolute atomic E-state index is 0.0433. The van der Waals surface area contributed by atoms with Gasteiger partial charge in [-0.2, -0.15) is 0 Å². The molecule has 2 saturated carbocycles. The molecule has 12 nitrogen and oxygen atoms in total. The van der Waals surface area contributed by atoms with Crippen LogP contribution in [0.1, 0.15) is 97.6 Å². The Labute approximate surface area is 315 Å². The molecule has 4 N–H and O–H groups in total. The van der Waals surface area contributed by atoms with Crippen LogP contribution in [0.4, 0.5) is 4.79 Å². The minimum Gasteiger partial charge on any atom is -0.346 e. The third-order valence-corrected chi connectivity index (χ3v) is 15.1. The Bertz CT molecular complexity index is 1690. The summed E-state index contributed by atoms with van der Waals surface area (Å²) in [7, 11) is -3.59. The average molecular weight is 754 g/mol. The summed E-state index contributed by atoms with van der Waals surface area (Å²) in [4.78, 5) is 70.5. The van der Waals surface area contributed by atoms with E-state index in [1.165, 1.54) is 6.08 Å². The first-order valence-corrected chi connectivity index (χ1v) is 20.9. The fourth-order valence-corrected chi connectivity index (χ4v) is 10.5. The van der Waals surface area contributed by atoms with Gasteiger partial charge in [0, 0.05) is 13.1 Å². The molecule has 0 radical (unpaired) electrons. The Morgan fingerprint density at radius 1 is 1.00 bits per heavy atom. The SMILES string of the molecule is C=CCNC(=O)C(=O)C(CCC)NC(=O)[C@@H]1[C@@H]2[C@H](CN1C(=O)[C@@H](NC(=O)NC1(CS(=O)(=O)C(C)(C)C)CCCCC1)C1Cc3ccccc3C1)C2(C)C. The number of rotatable bonds is 14. The van der Waals surface area contributed by atoms with Crippen molar-refractivity contribution in [1.82, 2.24) is 26.2 Å². The lowest BCUT2D eigenvalue weighted by Crippen LogP contribution is -2.63. The van der Waals surface area contributed by atoms with Crippen LogP contribution in [-0.4, -0.2) is 90.1 Å². The summed E-state index contributed by atoms with van der Waals surface area (Å²) in [5.74, 6) is -3.06. The van der Waals surface area contributed by atoms with Crippen LogP contribution in [0, 0.1) is 23.2 Å². The molecule has 1 heterocycles. The van der Waals surface area contributed by atoms with E-state index >= 15 is 0 Å². The van der Waals surface area contributed by atoms with Crippen molar-refractivity contribution in [3.8, 4) is 0 Å². The molecule has 0 spiro atoms. The van der Waals surface area contributed by atoms with Crippen LogP contribution in [0.15, 0.2) is 36.9 Å². The van der Waals surface area contributed by atoms with Gasteiger partial charge in [0.1, 0.15) is 12.1 Å². The molecular formula is C40H59N5O7S. The summed E-state index contributed by atoms with van der Waals surface area (Å²) in [6.45, 7) is 15.0. The second-order valence-corrected chi connectivity index (χ2v) is 20.1. The lowest BCUT2D eigenvalue weighted by Gasteiger charge is -2.40. The number of nitrogens with zero attached hydrogens (tertiary/aromatic N) is 1. The van der Waals surface area contributed by atoms with Gasteiger partial charge in [-0.1, -0.05) is 76.8 Å². The molecule has 292 valence electrons. The number of ketones is 1. The fraction of sp³-hybridized carbons (Fsp3) is 0.675. The van der Waals surface area contributed by atoms with E-state index in [2.05, 4.69) is 41.7 Å². The van der Waals surface area contributed by atoms with Crippen LogP contribution >= 0.6 is 0 Å². The van der Waals surface area contributed by atoms with Gasteiger partial charge in [0.25, 0.3) is 5.91 Å². The van der Waals surface area contributed by atoms with Crippen LogP contribution in [-0.2, 0) is 41.9 Å². The van der Waals surface area contributed by atoms with Crippen molar-refractivity contribution in [3.05, 3.63) is 48.0 Å². The number of nitrogens with one attached hydrogen (secondary N) is 4. The van der Waals surface area contributed by atoms with Crippen molar-refractivity contribution in [2.24, 2.45) is 23.2 Å². The van der Waals surface area contributed by atoms with E-state index in [9.17, 15) is 32.4 Å². The third kappa shape index (κ3) is 8.49. The maximum absolute atomic E-state index is 14.9. The van der Waals surface area contributed by atoms with E-state index in [-0.39, 0.29) is 47.8 Å². The molecule has 1 aromatic rings. The van der Waals surface area contributed by atoms with E-state index in [0.29, 0.717) is 38.6 Å². The van der Waals surface area contributed by atoms with Crippen LogP contribution in [0.25, 0.3) is 0 Å². The Morgan fingerprint density at radius 3 is 2.19 bits per heavy atom. The van der Waals surface area contributed by atoms with E-state index < -0.39 is 61.9 Å². The maximum atomic E-state index is 14.9. The summed E-state index contributed by atoms with van der Waals surface area (Å²) in [6.07, 6.45) is 6.88. The molecule has 5 rings (SSSR count). The first-order valence-electron chi connectivity index (χ1n) is 19.3. The number of urea groups is 1. The number of carbonyl (C=O) groups excluding carboxylic acids is 5. The fourth-order valence-electron chi connectivity index (χ4n) is 8.96. The smallest absolute Gasteiger partial charge is 0.315 e. The van der Waals surface area contributed by atoms with Gasteiger partial charge in [0.05, 0.1) is 22.1 Å². The molecular weight excluding hydrogens is 695 g/mol. The number of piperidine rings is 1. The second kappa shape index (κ2) is 15.5. The normalized spacial score (nSPS) is 24.2. The van der Waals surface area contributed by atoms with Gasteiger partial charge in [-0.25, -0.2) is 13.2 Å². The molecule has 1 aliphatic heterocycles. The highest BCUT2D eigenvalue weighted by Gasteiger charge is 2.70. The van der Waals surface area contributed by atoms with E-state index in [0.717, 1.165) is 30.4 Å². The molecule has 3 fully saturated rings. The highest BCUT2D eigenvalue weighted by atomic mass is 32.2. The average Bonchev–Trinajstić information content (AvgIpc) is 3.44. The van der Waals surface area contributed by atoms with Gasteiger partial charge < -0.3 is 26.2 Å². The van der Waals surface area contributed by atoms with Crippen molar-refractivity contribution in [2.45, 2.75) is 128 Å². The van der Waals surface area contributed by atoms with E-state index in [1.807, 2.05) is 31.2 Å². The monoisotopic (exact) mass is 753 g/mol. The molecule has 1 saturated heterocycles. The number of hydrogen-bond donors (Lipinski definition) is 4. The standard InChI is InChI=1S/C40H59N5O7S/c1-8-15-29(33(46)35(48)41-20-9-2)42-34(47)32-30-28(39(30,6)7)23-45(32)36(49)31(27-21-25-16-11-12-17-26(25)22-27)43-37(50)44-40(18-13-10-14-19-40)24-53(51,52)38(3,4)5/h9,11-12,16-17,27-32H,2,8,10,13-15,18-24H2,1,3-7H3,(H,41,48)(H,42,47)(H2,43,44,50)/t28-,29?,30-,31-,32-/m0/s1. The molecule has 1 unspecified atom stereocenters. The van der Waals surface area contributed by atoms with Crippen LogP contribution in [0.5, 0.6) is 0 Å². The van der Waals surface area contributed by atoms with Crippen LogP contribution < -0.4 is 21.3 Å². The predicted octanol–water partition coefficient (Wildman–Crippen LogP) is 3.62.